The molecule has 0 fully saturated rings. The van der Waals surface area contributed by atoms with E-state index in [1.54, 1.807) is 6.92 Å². The van der Waals surface area contributed by atoms with Crippen molar-refractivity contribution in [3.63, 3.8) is 0 Å². The van der Waals surface area contributed by atoms with Crippen LogP contribution in [0.2, 0.25) is 0 Å². The third-order valence-electron chi connectivity index (χ3n) is 1.34. The highest BCUT2D eigenvalue weighted by molar-refractivity contribution is 5.66. The fourth-order valence-electron chi connectivity index (χ4n) is 0.765. The molecular formula is C7H14O4. The highest BCUT2D eigenvalue weighted by atomic mass is 16.6. The summed E-state index contributed by atoms with van der Waals surface area (Å²) in [6, 6.07) is 0. The summed E-state index contributed by atoms with van der Waals surface area (Å²) in [6.07, 6.45) is -1.05. The maximum atomic E-state index is 10.4. The van der Waals surface area contributed by atoms with Gasteiger partial charge < -0.3 is 14.9 Å². The van der Waals surface area contributed by atoms with E-state index in [1.807, 2.05) is 0 Å². The lowest BCUT2D eigenvalue weighted by molar-refractivity contribution is -0.153. The molecule has 0 aromatic heterocycles. The number of ether oxygens (including phenoxy) is 1. The molecule has 0 bridgehead atoms. The zero-order valence-electron chi connectivity index (χ0n) is 6.78. The second kappa shape index (κ2) is 5.09. The smallest absolute Gasteiger partial charge is 0.302 e. The van der Waals surface area contributed by atoms with Crippen LogP contribution in [0.5, 0.6) is 0 Å². The Morgan fingerprint density at radius 1 is 1.64 bits per heavy atom. The monoisotopic (exact) mass is 162 g/mol. The number of aliphatic hydroxyl groups is 2. The Hall–Kier alpha value is -0.610. The predicted molar refractivity (Wildman–Crippen MR) is 38.9 cm³/mol. The van der Waals surface area contributed by atoms with Gasteiger partial charge in [-0.25, -0.2) is 0 Å². The number of aliphatic hydroxyl groups excluding tert-OH is 2. The molecule has 2 atom stereocenters. The van der Waals surface area contributed by atoms with E-state index >= 15 is 0 Å². The van der Waals surface area contributed by atoms with E-state index in [2.05, 4.69) is 0 Å². The molecule has 0 aliphatic heterocycles. The van der Waals surface area contributed by atoms with E-state index in [1.165, 1.54) is 6.92 Å². The van der Waals surface area contributed by atoms with E-state index in [-0.39, 0.29) is 6.61 Å². The zero-order valence-corrected chi connectivity index (χ0v) is 6.78. The molecule has 0 aliphatic carbocycles. The molecule has 66 valence electrons. The third-order valence-corrected chi connectivity index (χ3v) is 1.34. The summed E-state index contributed by atoms with van der Waals surface area (Å²) >= 11 is 0. The fourth-order valence-corrected chi connectivity index (χ4v) is 0.765. The van der Waals surface area contributed by atoms with Crippen LogP contribution in [0.25, 0.3) is 0 Å². The highest BCUT2D eigenvalue weighted by Gasteiger charge is 2.18. The highest BCUT2D eigenvalue weighted by Crippen LogP contribution is 2.03. The SMILES string of the molecule is CCC(OC(C)=O)C(O)CO. The van der Waals surface area contributed by atoms with Crippen molar-refractivity contribution in [3.8, 4) is 0 Å². The second-order valence-electron chi connectivity index (χ2n) is 2.31. The van der Waals surface area contributed by atoms with Crippen molar-refractivity contribution >= 4 is 5.97 Å². The Bertz CT molecular complexity index is 124. The van der Waals surface area contributed by atoms with Crippen LogP contribution in [0.15, 0.2) is 0 Å². The van der Waals surface area contributed by atoms with Crippen LogP contribution in [0.4, 0.5) is 0 Å². The van der Waals surface area contributed by atoms with Crippen molar-refractivity contribution < 1.29 is 19.7 Å². The van der Waals surface area contributed by atoms with Gasteiger partial charge in [-0.1, -0.05) is 6.92 Å². The maximum Gasteiger partial charge on any atom is 0.302 e. The molecule has 0 aromatic rings. The maximum absolute atomic E-state index is 10.4. The molecule has 0 heterocycles. The van der Waals surface area contributed by atoms with Crippen LogP contribution in [0.1, 0.15) is 20.3 Å². The van der Waals surface area contributed by atoms with Crippen molar-refractivity contribution in [1.29, 1.82) is 0 Å². The molecule has 0 aliphatic rings. The van der Waals surface area contributed by atoms with Gasteiger partial charge in [0.1, 0.15) is 12.2 Å². The van der Waals surface area contributed by atoms with Crippen LogP contribution in [-0.2, 0) is 9.53 Å². The van der Waals surface area contributed by atoms with E-state index in [9.17, 15) is 4.79 Å². The molecule has 4 heteroatoms. The minimum atomic E-state index is -0.969. The lowest BCUT2D eigenvalue weighted by atomic mass is 10.1. The Morgan fingerprint density at radius 2 is 2.18 bits per heavy atom. The fraction of sp³-hybridized carbons (Fsp3) is 0.857. The van der Waals surface area contributed by atoms with Crippen molar-refractivity contribution in [2.24, 2.45) is 0 Å². The van der Waals surface area contributed by atoms with Crippen LogP contribution >= 0.6 is 0 Å². The Balaban J connectivity index is 3.84. The molecule has 0 radical (unpaired) electrons. The van der Waals surface area contributed by atoms with Gasteiger partial charge in [0.25, 0.3) is 0 Å². The van der Waals surface area contributed by atoms with Gasteiger partial charge >= 0.3 is 5.97 Å². The molecule has 0 amide bonds. The van der Waals surface area contributed by atoms with Crippen molar-refractivity contribution in [2.45, 2.75) is 32.5 Å². The Morgan fingerprint density at radius 3 is 2.45 bits per heavy atom. The van der Waals surface area contributed by atoms with Gasteiger partial charge in [0.05, 0.1) is 6.61 Å². The molecule has 2 N–H and O–H groups in total. The molecule has 11 heavy (non-hydrogen) atoms. The largest absolute Gasteiger partial charge is 0.460 e. The summed E-state index contributed by atoms with van der Waals surface area (Å²) in [5.41, 5.74) is 0. The van der Waals surface area contributed by atoms with Gasteiger partial charge in [-0.2, -0.15) is 0 Å². The average Bonchev–Trinajstić information content (AvgIpc) is 1.98. The first-order chi connectivity index (χ1) is 5.11. The van der Waals surface area contributed by atoms with Gasteiger partial charge in [-0.15, -0.1) is 0 Å². The van der Waals surface area contributed by atoms with Crippen LogP contribution in [0, 0.1) is 0 Å². The standard InChI is InChI=1S/C7H14O4/c1-3-7(6(10)4-8)11-5(2)9/h6-8,10H,3-4H2,1-2H3. The Kier molecular flexibility index (Phi) is 4.81. The third kappa shape index (κ3) is 3.95. The molecular weight excluding hydrogens is 148 g/mol. The first-order valence-corrected chi connectivity index (χ1v) is 3.58. The minimum absolute atomic E-state index is 0.383. The lowest BCUT2D eigenvalue weighted by Crippen LogP contribution is -2.32. The first-order valence-electron chi connectivity index (χ1n) is 3.58. The Labute approximate surface area is 65.8 Å². The first kappa shape index (κ1) is 10.4. The lowest BCUT2D eigenvalue weighted by Gasteiger charge is -2.18. The molecule has 4 nitrogen and oxygen atoms in total. The number of hydrogen-bond acceptors (Lipinski definition) is 4. The number of esters is 1. The molecule has 0 saturated heterocycles. The number of rotatable bonds is 4. The normalized spacial score (nSPS) is 15.6. The van der Waals surface area contributed by atoms with Crippen molar-refractivity contribution in [3.05, 3.63) is 0 Å². The molecule has 2 unspecified atom stereocenters. The van der Waals surface area contributed by atoms with E-state index < -0.39 is 18.2 Å². The topological polar surface area (TPSA) is 66.8 Å². The van der Waals surface area contributed by atoms with Gasteiger partial charge in [0.15, 0.2) is 0 Å². The summed E-state index contributed by atoms with van der Waals surface area (Å²) in [5, 5.41) is 17.5. The van der Waals surface area contributed by atoms with Crippen molar-refractivity contribution in [1.82, 2.24) is 0 Å². The summed E-state index contributed by atoms with van der Waals surface area (Å²) in [4.78, 5) is 10.4. The van der Waals surface area contributed by atoms with E-state index in [4.69, 9.17) is 14.9 Å². The van der Waals surface area contributed by atoms with Gasteiger partial charge in [-0.3, -0.25) is 4.79 Å². The zero-order chi connectivity index (χ0) is 8.85. The summed E-state index contributed by atoms with van der Waals surface area (Å²) in [6.45, 7) is 2.66. The summed E-state index contributed by atoms with van der Waals surface area (Å²) in [7, 11) is 0. The average molecular weight is 162 g/mol. The van der Waals surface area contributed by atoms with E-state index in [0.717, 1.165) is 0 Å². The van der Waals surface area contributed by atoms with Crippen LogP contribution in [0.3, 0.4) is 0 Å². The predicted octanol–water partition coefficient (Wildman–Crippen LogP) is -0.319. The molecule has 0 spiro atoms. The minimum Gasteiger partial charge on any atom is -0.460 e. The van der Waals surface area contributed by atoms with Gasteiger partial charge in [0.2, 0.25) is 0 Å². The van der Waals surface area contributed by atoms with Crippen molar-refractivity contribution in [2.75, 3.05) is 6.61 Å². The number of carbonyl (C=O) groups excluding carboxylic acids is 1. The van der Waals surface area contributed by atoms with Crippen LogP contribution < -0.4 is 0 Å². The number of hydrogen-bond donors (Lipinski definition) is 2. The van der Waals surface area contributed by atoms with Crippen LogP contribution in [-0.4, -0.2) is 35.0 Å². The second-order valence-corrected chi connectivity index (χ2v) is 2.31. The molecule has 0 rings (SSSR count). The number of carbonyl (C=O) groups is 1. The summed E-state index contributed by atoms with van der Waals surface area (Å²) in [5.74, 6) is -0.440. The van der Waals surface area contributed by atoms with E-state index in [0.29, 0.717) is 6.42 Å². The van der Waals surface area contributed by atoms with Gasteiger partial charge in [0, 0.05) is 6.92 Å². The van der Waals surface area contributed by atoms with Gasteiger partial charge in [-0.05, 0) is 6.42 Å². The summed E-state index contributed by atoms with van der Waals surface area (Å²) < 4.78 is 4.70. The molecule has 0 aromatic carbocycles. The quantitative estimate of drug-likeness (QED) is 0.556. The molecule has 0 saturated carbocycles.